The summed E-state index contributed by atoms with van der Waals surface area (Å²) in [5.41, 5.74) is -0.530. The van der Waals surface area contributed by atoms with Crippen LogP contribution < -0.4 is 0 Å². The van der Waals surface area contributed by atoms with Gasteiger partial charge in [-0.2, -0.15) is 0 Å². The lowest BCUT2D eigenvalue weighted by atomic mass is 10.1. The Morgan fingerprint density at radius 2 is 1.88 bits per heavy atom. The summed E-state index contributed by atoms with van der Waals surface area (Å²) in [7, 11) is 1.61. The maximum atomic E-state index is 11.6. The molecule has 5 heteroatoms. The summed E-state index contributed by atoms with van der Waals surface area (Å²) in [5.74, 6) is -0.857. The van der Waals surface area contributed by atoms with Crippen molar-refractivity contribution < 1.29 is 19.4 Å². The topological polar surface area (TPSA) is 66.8 Å². The molecule has 0 saturated carbocycles. The molecule has 0 aliphatic rings. The molecule has 0 fully saturated rings. The smallest absolute Gasteiger partial charge is 0.410 e. The van der Waals surface area contributed by atoms with Gasteiger partial charge in [0.25, 0.3) is 0 Å². The molecule has 94 valence electrons. The van der Waals surface area contributed by atoms with Crippen LogP contribution in [-0.4, -0.2) is 40.8 Å². The zero-order valence-electron chi connectivity index (χ0n) is 10.6. The Balaban J connectivity index is 4.16. The van der Waals surface area contributed by atoms with Crippen LogP contribution in [-0.2, 0) is 9.53 Å². The molecule has 0 bridgehead atoms. The molecule has 1 unspecified atom stereocenters. The van der Waals surface area contributed by atoms with Crippen molar-refractivity contribution in [1.82, 2.24) is 4.90 Å². The molecular formula is C11H21NO4. The van der Waals surface area contributed by atoms with E-state index in [9.17, 15) is 9.59 Å². The maximum Gasteiger partial charge on any atom is 0.410 e. The van der Waals surface area contributed by atoms with Gasteiger partial charge < -0.3 is 14.7 Å². The van der Waals surface area contributed by atoms with E-state index in [2.05, 4.69) is 0 Å². The minimum atomic E-state index is -0.857. The molecule has 1 amide bonds. The summed E-state index contributed by atoms with van der Waals surface area (Å²) in [6.45, 7) is 7.18. The Kier molecular flexibility index (Phi) is 5.27. The summed E-state index contributed by atoms with van der Waals surface area (Å²) in [6.07, 6.45) is 0.0460. The number of hydrogen-bond donors (Lipinski definition) is 1. The van der Waals surface area contributed by atoms with E-state index >= 15 is 0 Å². The molecule has 0 spiro atoms. The molecule has 0 aromatic heterocycles. The Labute approximate surface area is 96.4 Å². The second kappa shape index (κ2) is 5.72. The van der Waals surface area contributed by atoms with Gasteiger partial charge in [-0.3, -0.25) is 4.79 Å². The van der Waals surface area contributed by atoms with Crippen molar-refractivity contribution in [3.63, 3.8) is 0 Å². The molecule has 0 aliphatic carbocycles. The monoisotopic (exact) mass is 231 g/mol. The fourth-order valence-electron chi connectivity index (χ4n) is 1.04. The number of carboxylic acids is 1. The zero-order valence-corrected chi connectivity index (χ0v) is 10.6. The van der Waals surface area contributed by atoms with Crippen LogP contribution in [0.5, 0.6) is 0 Å². The van der Waals surface area contributed by atoms with Crippen LogP contribution in [0.3, 0.4) is 0 Å². The molecule has 5 nitrogen and oxygen atoms in total. The first kappa shape index (κ1) is 14.7. The molecule has 0 rings (SSSR count). The average Bonchev–Trinajstić information content (AvgIpc) is 2.10. The van der Waals surface area contributed by atoms with E-state index in [1.54, 1.807) is 34.7 Å². The molecule has 16 heavy (non-hydrogen) atoms. The van der Waals surface area contributed by atoms with Gasteiger partial charge in [-0.1, -0.05) is 0 Å². The highest BCUT2D eigenvalue weighted by atomic mass is 16.6. The van der Waals surface area contributed by atoms with Crippen LogP contribution in [0.25, 0.3) is 0 Å². The van der Waals surface area contributed by atoms with Crippen LogP contribution in [0.15, 0.2) is 0 Å². The van der Waals surface area contributed by atoms with Crippen molar-refractivity contribution in [2.24, 2.45) is 0 Å². The highest BCUT2D eigenvalue weighted by molar-refractivity contribution is 5.69. The first-order valence-corrected chi connectivity index (χ1v) is 5.31. The lowest BCUT2D eigenvalue weighted by Crippen LogP contribution is -2.39. The summed E-state index contributed by atoms with van der Waals surface area (Å²) in [6, 6.07) is -0.147. The van der Waals surface area contributed by atoms with Crippen molar-refractivity contribution >= 4 is 12.1 Å². The van der Waals surface area contributed by atoms with Crippen molar-refractivity contribution in [1.29, 1.82) is 0 Å². The first-order valence-electron chi connectivity index (χ1n) is 5.31. The van der Waals surface area contributed by atoms with Crippen molar-refractivity contribution in [2.45, 2.75) is 52.2 Å². The van der Waals surface area contributed by atoms with Gasteiger partial charge in [0.1, 0.15) is 5.60 Å². The minimum Gasteiger partial charge on any atom is -0.481 e. The number of carbonyl (C=O) groups is 2. The van der Waals surface area contributed by atoms with Crippen LogP contribution in [0.4, 0.5) is 4.79 Å². The van der Waals surface area contributed by atoms with Gasteiger partial charge in [-0.25, -0.2) is 4.79 Å². The lowest BCUT2D eigenvalue weighted by molar-refractivity contribution is -0.137. The van der Waals surface area contributed by atoms with Crippen LogP contribution in [0.2, 0.25) is 0 Å². The average molecular weight is 231 g/mol. The van der Waals surface area contributed by atoms with Gasteiger partial charge in [0.15, 0.2) is 0 Å². The van der Waals surface area contributed by atoms with Gasteiger partial charge in [-0.05, 0) is 34.1 Å². The molecule has 1 N–H and O–H groups in total. The number of carbonyl (C=O) groups excluding carboxylic acids is 1. The zero-order chi connectivity index (χ0) is 12.9. The number of rotatable bonds is 4. The fraction of sp³-hybridized carbons (Fsp3) is 0.818. The van der Waals surface area contributed by atoms with Crippen LogP contribution >= 0.6 is 0 Å². The largest absolute Gasteiger partial charge is 0.481 e. The van der Waals surface area contributed by atoms with Gasteiger partial charge in [-0.15, -0.1) is 0 Å². The second-order valence-corrected chi connectivity index (χ2v) is 4.87. The second-order valence-electron chi connectivity index (χ2n) is 4.87. The molecule has 0 aromatic carbocycles. The maximum absolute atomic E-state index is 11.6. The number of amides is 1. The quantitative estimate of drug-likeness (QED) is 0.804. The number of aliphatic carboxylic acids is 1. The van der Waals surface area contributed by atoms with E-state index in [4.69, 9.17) is 9.84 Å². The Bertz CT molecular complexity index is 257. The third-order valence-electron chi connectivity index (χ3n) is 2.12. The van der Waals surface area contributed by atoms with E-state index in [0.717, 1.165) is 0 Å². The van der Waals surface area contributed by atoms with Crippen molar-refractivity contribution in [3.05, 3.63) is 0 Å². The molecular weight excluding hydrogens is 210 g/mol. The summed E-state index contributed by atoms with van der Waals surface area (Å²) in [4.78, 5) is 23.4. The summed E-state index contributed by atoms with van der Waals surface area (Å²) in [5, 5.41) is 8.53. The highest BCUT2D eigenvalue weighted by Gasteiger charge is 2.22. The SMILES string of the molecule is CC(CCC(=O)O)N(C)C(=O)OC(C)(C)C. The Morgan fingerprint density at radius 1 is 1.38 bits per heavy atom. The van der Waals surface area contributed by atoms with Crippen LogP contribution in [0, 0.1) is 0 Å². The molecule has 0 radical (unpaired) electrons. The van der Waals surface area contributed by atoms with Crippen molar-refractivity contribution in [2.75, 3.05) is 7.05 Å². The first-order chi connectivity index (χ1) is 7.13. The number of nitrogens with zero attached hydrogens (tertiary/aromatic N) is 1. The highest BCUT2D eigenvalue weighted by Crippen LogP contribution is 2.12. The van der Waals surface area contributed by atoms with Gasteiger partial charge in [0, 0.05) is 19.5 Å². The van der Waals surface area contributed by atoms with Crippen molar-refractivity contribution in [3.8, 4) is 0 Å². The number of carboxylic acid groups (broad SMARTS) is 1. The number of hydrogen-bond acceptors (Lipinski definition) is 3. The molecule has 0 aromatic rings. The third kappa shape index (κ3) is 6.27. The number of ether oxygens (including phenoxy) is 1. The molecule has 0 heterocycles. The predicted octanol–water partition coefficient (Wildman–Crippen LogP) is 2.11. The van der Waals surface area contributed by atoms with Gasteiger partial charge in [0.2, 0.25) is 0 Å². The Morgan fingerprint density at radius 3 is 2.25 bits per heavy atom. The van der Waals surface area contributed by atoms with E-state index in [0.29, 0.717) is 6.42 Å². The molecule has 0 aliphatic heterocycles. The van der Waals surface area contributed by atoms with Gasteiger partial charge in [0.05, 0.1) is 0 Å². The van der Waals surface area contributed by atoms with Gasteiger partial charge >= 0.3 is 12.1 Å². The predicted molar refractivity (Wildman–Crippen MR) is 60.3 cm³/mol. The minimum absolute atomic E-state index is 0.0499. The third-order valence-corrected chi connectivity index (χ3v) is 2.12. The molecule has 1 atom stereocenters. The van der Waals surface area contributed by atoms with E-state index in [1.165, 1.54) is 4.90 Å². The fourth-order valence-corrected chi connectivity index (χ4v) is 1.04. The molecule has 0 saturated heterocycles. The standard InChI is InChI=1S/C11H21NO4/c1-8(6-7-9(13)14)12(5)10(15)16-11(2,3)4/h8H,6-7H2,1-5H3,(H,13,14). The summed E-state index contributed by atoms with van der Waals surface area (Å²) < 4.78 is 5.17. The Hall–Kier alpha value is -1.26. The van der Waals surface area contributed by atoms with E-state index in [1.807, 2.05) is 0 Å². The van der Waals surface area contributed by atoms with E-state index in [-0.39, 0.29) is 12.5 Å². The summed E-state index contributed by atoms with van der Waals surface area (Å²) >= 11 is 0. The normalized spacial score (nSPS) is 13.1. The van der Waals surface area contributed by atoms with E-state index < -0.39 is 17.7 Å². The lowest BCUT2D eigenvalue weighted by Gasteiger charge is -2.28. The van der Waals surface area contributed by atoms with Crippen LogP contribution in [0.1, 0.15) is 40.5 Å².